The summed E-state index contributed by atoms with van der Waals surface area (Å²) in [4.78, 5) is 11.2. The highest BCUT2D eigenvalue weighted by Crippen LogP contribution is 2.14. The minimum atomic E-state index is -0.0446. The van der Waals surface area contributed by atoms with E-state index in [0.29, 0.717) is 0 Å². The number of aromatic nitrogens is 2. The lowest BCUT2D eigenvalue weighted by Gasteiger charge is -1.96. The Hall–Kier alpha value is -1.51. The van der Waals surface area contributed by atoms with E-state index in [1.165, 1.54) is 0 Å². The summed E-state index contributed by atoms with van der Waals surface area (Å²) in [6, 6.07) is 3.93. The fraction of sp³-hybridized carbons (Fsp3) is 0.222. The Morgan fingerprint density at radius 1 is 1.17 bits per heavy atom. The molecule has 0 aliphatic heterocycles. The monoisotopic (exact) mass is 162 g/mol. The van der Waals surface area contributed by atoms with Gasteiger partial charge in [-0.15, -0.1) is 0 Å². The molecule has 62 valence electrons. The van der Waals surface area contributed by atoms with Crippen molar-refractivity contribution >= 4 is 10.9 Å². The summed E-state index contributed by atoms with van der Waals surface area (Å²) in [7, 11) is 0. The van der Waals surface area contributed by atoms with Crippen molar-refractivity contribution in [2.24, 2.45) is 0 Å². The summed E-state index contributed by atoms with van der Waals surface area (Å²) in [5, 5.41) is 6.15. The topological polar surface area (TPSA) is 48.6 Å². The number of H-pyrrole nitrogens is 2. The summed E-state index contributed by atoms with van der Waals surface area (Å²) in [5.74, 6) is 0. The van der Waals surface area contributed by atoms with Crippen LogP contribution in [-0.2, 0) is 0 Å². The molecule has 0 amide bonds. The van der Waals surface area contributed by atoms with E-state index in [-0.39, 0.29) is 5.56 Å². The summed E-state index contributed by atoms with van der Waals surface area (Å²) in [6.07, 6.45) is 0. The van der Waals surface area contributed by atoms with Gasteiger partial charge in [0.05, 0.1) is 10.9 Å². The molecule has 0 aliphatic carbocycles. The second-order valence-corrected chi connectivity index (χ2v) is 3.08. The maximum atomic E-state index is 11.2. The van der Waals surface area contributed by atoms with E-state index in [4.69, 9.17) is 0 Å². The molecule has 0 atom stereocenters. The second kappa shape index (κ2) is 2.24. The number of nitrogens with one attached hydrogen (secondary N) is 2. The van der Waals surface area contributed by atoms with E-state index in [1.54, 1.807) is 0 Å². The van der Waals surface area contributed by atoms with Crippen LogP contribution in [0.5, 0.6) is 0 Å². The molecule has 0 radical (unpaired) electrons. The van der Waals surface area contributed by atoms with Crippen LogP contribution in [0.4, 0.5) is 0 Å². The summed E-state index contributed by atoms with van der Waals surface area (Å²) >= 11 is 0. The van der Waals surface area contributed by atoms with E-state index in [2.05, 4.69) is 10.2 Å². The lowest BCUT2D eigenvalue weighted by atomic mass is 10.1. The normalized spacial score (nSPS) is 10.8. The number of aryl methyl sites for hydroxylation is 2. The van der Waals surface area contributed by atoms with Crippen molar-refractivity contribution in [1.29, 1.82) is 0 Å². The Balaban J connectivity index is 3.02. The van der Waals surface area contributed by atoms with Crippen molar-refractivity contribution in [3.05, 3.63) is 33.6 Å². The molecule has 0 saturated heterocycles. The third-order valence-electron chi connectivity index (χ3n) is 2.03. The molecular weight excluding hydrogens is 152 g/mol. The number of hydrogen-bond donors (Lipinski definition) is 2. The predicted molar refractivity (Wildman–Crippen MR) is 48.4 cm³/mol. The zero-order valence-corrected chi connectivity index (χ0v) is 7.06. The van der Waals surface area contributed by atoms with Crippen molar-refractivity contribution in [3.8, 4) is 0 Å². The molecular formula is C9H10N2O. The first kappa shape index (κ1) is 7.16. The average Bonchev–Trinajstić information content (AvgIpc) is 2.33. The molecule has 0 saturated carbocycles. The van der Waals surface area contributed by atoms with E-state index >= 15 is 0 Å². The van der Waals surface area contributed by atoms with Crippen LogP contribution >= 0.6 is 0 Å². The van der Waals surface area contributed by atoms with Crippen LogP contribution in [0, 0.1) is 13.8 Å². The van der Waals surface area contributed by atoms with E-state index in [9.17, 15) is 4.79 Å². The summed E-state index contributed by atoms with van der Waals surface area (Å²) in [6.45, 7) is 3.97. The molecule has 2 N–H and O–H groups in total. The van der Waals surface area contributed by atoms with Crippen molar-refractivity contribution in [2.75, 3.05) is 0 Å². The minimum absolute atomic E-state index is 0.0446. The molecule has 1 heterocycles. The van der Waals surface area contributed by atoms with E-state index in [1.807, 2.05) is 26.0 Å². The highest BCUT2D eigenvalue weighted by Gasteiger charge is 2.02. The highest BCUT2D eigenvalue weighted by atomic mass is 16.1. The summed E-state index contributed by atoms with van der Waals surface area (Å²) in [5.41, 5.74) is 3.08. The SMILES string of the molecule is Cc1cc(C)c2[nH][nH]c(=O)c2c1. The Bertz CT molecular complexity index is 479. The van der Waals surface area contributed by atoms with Gasteiger partial charge in [-0.2, -0.15) is 0 Å². The van der Waals surface area contributed by atoms with Gasteiger partial charge in [0, 0.05) is 0 Å². The van der Waals surface area contributed by atoms with Crippen molar-refractivity contribution in [2.45, 2.75) is 13.8 Å². The molecule has 1 aromatic carbocycles. The molecule has 3 heteroatoms. The quantitative estimate of drug-likeness (QED) is 0.605. The molecule has 1 aromatic heterocycles. The van der Waals surface area contributed by atoms with Gasteiger partial charge in [0.25, 0.3) is 5.56 Å². The fourth-order valence-electron chi connectivity index (χ4n) is 1.50. The first-order valence-electron chi connectivity index (χ1n) is 3.86. The summed E-state index contributed by atoms with van der Waals surface area (Å²) < 4.78 is 0. The van der Waals surface area contributed by atoms with E-state index in [0.717, 1.165) is 22.0 Å². The molecule has 2 rings (SSSR count). The van der Waals surface area contributed by atoms with Crippen molar-refractivity contribution < 1.29 is 0 Å². The molecule has 3 nitrogen and oxygen atoms in total. The van der Waals surface area contributed by atoms with Crippen LogP contribution in [-0.4, -0.2) is 10.2 Å². The average molecular weight is 162 g/mol. The largest absolute Gasteiger partial charge is 0.297 e. The van der Waals surface area contributed by atoms with Gasteiger partial charge in [-0.3, -0.25) is 15.0 Å². The molecule has 0 unspecified atom stereocenters. The Kier molecular flexibility index (Phi) is 1.33. The van der Waals surface area contributed by atoms with Gasteiger partial charge in [-0.1, -0.05) is 6.07 Å². The third-order valence-corrected chi connectivity index (χ3v) is 2.03. The highest BCUT2D eigenvalue weighted by molar-refractivity contribution is 5.81. The lowest BCUT2D eigenvalue weighted by Crippen LogP contribution is -1.97. The van der Waals surface area contributed by atoms with Crippen LogP contribution in [0.25, 0.3) is 10.9 Å². The van der Waals surface area contributed by atoms with Gasteiger partial charge in [-0.25, -0.2) is 0 Å². The molecule has 12 heavy (non-hydrogen) atoms. The number of rotatable bonds is 0. The number of fused-ring (bicyclic) bond motifs is 1. The molecule has 0 fully saturated rings. The minimum Gasteiger partial charge on any atom is -0.297 e. The van der Waals surface area contributed by atoms with Gasteiger partial charge in [0.15, 0.2) is 0 Å². The second-order valence-electron chi connectivity index (χ2n) is 3.08. The van der Waals surface area contributed by atoms with Crippen LogP contribution in [0.15, 0.2) is 16.9 Å². The zero-order valence-electron chi connectivity index (χ0n) is 7.06. The number of benzene rings is 1. The molecule has 0 bridgehead atoms. The maximum absolute atomic E-state index is 11.2. The first-order chi connectivity index (χ1) is 5.68. The Morgan fingerprint density at radius 3 is 2.67 bits per heavy atom. The predicted octanol–water partition coefficient (Wildman–Crippen LogP) is 1.47. The fourth-order valence-corrected chi connectivity index (χ4v) is 1.50. The van der Waals surface area contributed by atoms with Gasteiger partial charge in [0.2, 0.25) is 0 Å². The molecule has 0 spiro atoms. The number of hydrogen-bond acceptors (Lipinski definition) is 1. The van der Waals surface area contributed by atoms with E-state index < -0.39 is 0 Å². The van der Waals surface area contributed by atoms with Gasteiger partial charge in [-0.05, 0) is 31.0 Å². The molecule has 2 aromatic rings. The smallest absolute Gasteiger partial charge is 0.271 e. The Labute approximate surface area is 69.4 Å². The van der Waals surface area contributed by atoms with Gasteiger partial charge < -0.3 is 0 Å². The number of aromatic amines is 2. The first-order valence-corrected chi connectivity index (χ1v) is 3.86. The standard InChI is InChI=1S/C9H10N2O/c1-5-3-6(2)8-7(4-5)9(12)11-10-8/h3-4H,1-2H3,(H2,10,11,12). The van der Waals surface area contributed by atoms with Crippen LogP contribution in [0.3, 0.4) is 0 Å². The third kappa shape index (κ3) is 0.863. The Morgan fingerprint density at radius 2 is 1.92 bits per heavy atom. The lowest BCUT2D eigenvalue weighted by molar-refractivity contribution is 1.08. The van der Waals surface area contributed by atoms with Crippen molar-refractivity contribution in [1.82, 2.24) is 10.2 Å². The van der Waals surface area contributed by atoms with Crippen LogP contribution < -0.4 is 5.56 Å². The van der Waals surface area contributed by atoms with Crippen LogP contribution in [0.1, 0.15) is 11.1 Å². The van der Waals surface area contributed by atoms with Crippen LogP contribution in [0.2, 0.25) is 0 Å². The zero-order chi connectivity index (χ0) is 8.72. The molecule has 0 aliphatic rings. The van der Waals surface area contributed by atoms with Gasteiger partial charge in [0.1, 0.15) is 0 Å². The maximum Gasteiger partial charge on any atom is 0.271 e. The van der Waals surface area contributed by atoms with Gasteiger partial charge >= 0.3 is 0 Å². The van der Waals surface area contributed by atoms with Crippen molar-refractivity contribution in [3.63, 3.8) is 0 Å².